The number of amides is 4. The fourth-order valence-electron chi connectivity index (χ4n) is 3.01. The van der Waals surface area contributed by atoms with Crippen LogP contribution in [0.2, 0.25) is 0 Å². The topological polar surface area (TPSA) is 205 Å². The number of thiol groups is 1. The minimum Gasteiger partial charge on any atom is -0.480 e. The number of carbonyl (C=O) groups excluding carboxylic acids is 4. The minimum atomic E-state index is -1.37. The normalized spacial score (nSPS) is 20.0. The summed E-state index contributed by atoms with van der Waals surface area (Å²) in [6.45, 7) is 1.49. The van der Waals surface area contributed by atoms with E-state index in [2.05, 4.69) is 23.3 Å². The first kappa shape index (κ1) is 25.7. The maximum absolute atomic E-state index is 12.9. The Kier molecular flexibility index (Phi) is 10.0. The summed E-state index contributed by atoms with van der Waals surface area (Å²) in [5.41, 5.74) is 10.7. The zero-order valence-corrected chi connectivity index (χ0v) is 17.5. The monoisotopic (exact) mass is 447 g/mol. The molecular formula is C17H29N5O7S. The van der Waals surface area contributed by atoms with E-state index in [9.17, 15) is 29.1 Å². The quantitative estimate of drug-likeness (QED) is 0.161. The molecule has 1 saturated heterocycles. The van der Waals surface area contributed by atoms with Gasteiger partial charge < -0.3 is 37.2 Å². The molecule has 0 spiro atoms. The SMILES string of the molecule is CC(O)C(NC(=O)C(N)CCC(N)=O)C(=O)N1CCCC1C(=O)NC(CS)C(=O)O. The molecule has 12 nitrogen and oxygen atoms in total. The molecule has 0 aromatic rings. The van der Waals surface area contributed by atoms with E-state index in [1.165, 1.54) is 11.8 Å². The Bertz CT molecular complexity index is 675. The molecule has 1 fully saturated rings. The van der Waals surface area contributed by atoms with Crippen LogP contribution in [0.5, 0.6) is 0 Å². The van der Waals surface area contributed by atoms with Crippen LogP contribution in [0.1, 0.15) is 32.6 Å². The largest absolute Gasteiger partial charge is 0.480 e. The van der Waals surface area contributed by atoms with Crippen molar-refractivity contribution in [2.24, 2.45) is 11.5 Å². The molecule has 1 rings (SSSR count). The Labute approximate surface area is 179 Å². The number of carboxylic acids is 1. The summed E-state index contributed by atoms with van der Waals surface area (Å²) >= 11 is 3.88. The number of nitrogens with two attached hydrogens (primary N) is 2. The highest BCUT2D eigenvalue weighted by Crippen LogP contribution is 2.20. The fourth-order valence-corrected chi connectivity index (χ4v) is 3.26. The van der Waals surface area contributed by atoms with E-state index in [0.717, 1.165) is 0 Å². The van der Waals surface area contributed by atoms with E-state index in [4.69, 9.17) is 16.6 Å². The summed E-state index contributed by atoms with van der Waals surface area (Å²) in [6.07, 6.45) is -0.655. The number of aliphatic hydroxyl groups excluding tert-OH is 1. The third-order valence-corrected chi connectivity index (χ3v) is 5.09. The van der Waals surface area contributed by atoms with Crippen LogP contribution in [-0.2, 0) is 24.0 Å². The van der Waals surface area contributed by atoms with E-state index in [-0.39, 0.29) is 25.1 Å². The van der Waals surface area contributed by atoms with Gasteiger partial charge in [0, 0.05) is 18.7 Å². The molecule has 5 atom stereocenters. The van der Waals surface area contributed by atoms with Crippen molar-refractivity contribution in [2.45, 2.75) is 62.9 Å². The van der Waals surface area contributed by atoms with Crippen molar-refractivity contribution in [3.63, 3.8) is 0 Å². The van der Waals surface area contributed by atoms with Crippen LogP contribution < -0.4 is 22.1 Å². The summed E-state index contributed by atoms with van der Waals surface area (Å²) in [4.78, 5) is 60.8. The lowest BCUT2D eigenvalue weighted by Gasteiger charge is -2.31. The summed E-state index contributed by atoms with van der Waals surface area (Å²) < 4.78 is 0. The zero-order chi connectivity index (χ0) is 23.0. The molecule has 0 aromatic heterocycles. The van der Waals surface area contributed by atoms with Crippen LogP contribution >= 0.6 is 12.6 Å². The minimum absolute atomic E-state index is 0.0308. The maximum atomic E-state index is 12.9. The van der Waals surface area contributed by atoms with Gasteiger partial charge in [0.05, 0.1) is 12.1 Å². The van der Waals surface area contributed by atoms with Crippen molar-refractivity contribution in [1.82, 2.24) is 15.5 Å². The Balaban J connectivity index is 2.86. The standard InChI is InChI=1S/C17H29N5O7S/c1-8(23)13(21-14(25)9(18)4-5-12(19)24)16(27)22-6-2-3-11(22)15(26)20-10(7-30)17(28)29/h8-11,13,23,30H,2-7,18H2,1H3,(H2,19,24)(H,20,26)(H,21,25)(H,28,29). The number of hydrogen-bond acceptors (Lipinski definition) is 8. The van der Waals surface area contributed by atoms with Gasteiger partial charge in [-0.1, -0.05) is 0 Å². The van der Waals surface area contributed by atoms with E-state index in [1.807, 2.05) is 0 Å². The van der Waals surface area contributed by atoms with E-state index >= 15 is 0 Å². The molecule has 0 radical (unpaired) electrons. The van der Waals surface area contributed by atoms with Gasteiger partial charge in [-0.2, -0.15) is 12.6 Å². The molecule has 30 heavy (non-hydrogen) atoms. The number of carboxylic acid groups (broad SMARTS) is 1. The zero-order valence-electron chi connectivity index (χ0n) is 16.6. The second kappa shape index (κ2) is 11.7. The maximum Gasteiger partial charge on any atom is 0.327 e. The molecule has 170 valence electrons. The third-order valence-electron chi connectivity index (χ3n) is 4.72. The predicted molar refractivity (Wildman–Crippen MR) is 108 cm³/mol. The molecule has 13 heteroatoms. The lowest BCUT2D eigenvalue weighted by atomic mass is 10.1. The van der Waals surface area contributed by atoms with Crippen LogP contribution in [0.15, 0.2) is 0 Å². The summed E-state index contributed by atoms with van der Waals surface area (Å²) in [6, 6.07) is -4.64. The number of rotatable bonds is 11. The van der Waals surface area contributed by atoms with Gasteiger partial charge in [-0.25, -0.2) is 4.79 Å². The molecule has 1 aliphatic heterocycles. The van der Waals surface area contributed by atoms with Crippen molar-refractivity contribution in [1.29, 1.82) is 0 Å². The number of aliphatic carboxylic acids is 1. The molecule has 0 saturated carbocycles. The van der Waals surface area contributed by atoms with E-state index in [0.29, 0.717) is 12.8 Å². The average Bonchev–Trinajstić information content (AvgIpc) is 3.16. The van der Waals surface area contributed by atoms with Crippen molar-refractivity contribution in [2.75, 3.05) is 12.3 Å². The second-order valence-electron chi connectivity index (χ2n) is 7.11. The summed E-state index contributed by atoms with van der Waals surface area (Å²) in [5, 5.41) is 23.7. The van der Waals surface area contributed by atoms with Gasteiger partial charge in [-0.15, -0.1) is 0 Å². The first-order valence-corrected chi connectivity index (χ1v) is 10.1. The Hall–Kier alpha value is -2.38. The summed E-state index contributed by atoms with van der Waals surface area (Å²) in [5.74, 6) is -4.12. The Morgan fingerprint density at radius 1 is 1.23 bits per heavy atom. The number of hydrogen-bond donors (Lipinski definition) is 7. The molecule has 0 bridgehead atoms. The molecule has 5 unspecified atom stereocenters. The number of nitrogens with one attached hydrogen (secondary N) is 2. The average molecular weight is 448 g/mol. The van der Waals surface area contributed by atoms with Crippen LogP contribution in [0, 0.1) is 0 Å². The second-order valence-corrected chi connectivity index (χ2v) is 7.48. The van der Waals surface area contributed by atoms with Gasteiger partial charge in [0.1, 0.15) is 18.1 Å². The van der Waals surface area contributed by atoms with Gasteiger partial charge in [0.25, 0.3) is 0 Å². The molecular weight excluding hydrogens is 418 g/mol. The molecule has 4 amide bonds. The van der Waals surface area contributed by atoms with Crippen molar-refractivity contribution in [3.8, 4) is 0 Å². The van der Waals surface area contributed by atoms with Crippen LogP contribution in [-0.4, -0.2) is 87.3 Å². The van der Waals surface area contributed by atoms with Gasteiger partial charge in [0.15, 0.2) is 0 Å². The highest BCUT2D eigenvalue weighted by Gasteiger charge is 2.40. The van der Waals surface area contributed by atoms with Gasteiger partial charge in [0.2, 0.25) is 23.6 Å². The van der Waals surface area contributed by atoms with Crippen LogP contribution in [0.25, 0.3) is 0 Å². The van der Waals surface area contributed by atoms with Crippen molar-refractivity contribution < 1.29 is 34.2 Å². The van der Waals surface area contributed by atoms with Crippen molar-refractivity contribution >= 4 is 42.2 Å². The first-order valence-electron chi connectivity index (χ1n) is 9.46. The highest BCUT2D eigenvalue weighted by molar-refractivity contribution is 7.80. The van der Waals surface area contributed by atoms with Crippen LogP contribution in [0.4, 0.5) is 0 Å². The number of aliphatic hydroxyl groups is 1. The smallest absolute Gasteiger partial charge is 0.327 e. The molecule has 0 aromatic carbocycles. The molecule has 0 aliphatic carbocycles. The van der Waals surface area contributed by atoms with E-state index < -0.39 is 59.9 Å². The molecule has 1 aliphatic rings. The molecule has 8 N–H and O–H groups in total. The first-order chi connectivity index (χ1) is 14.0. The van der Waals surface area contributed by atoms with Gasteiger partial charge >= 0.3 is 5.97 Å². The Morgan fingerprint density at radius 3 is 2.37 bits per heavy atom. The summed E-state index contributed by atoms with van der Waals surface area (Å²) in [7, 11) is 0. The number of primary amides is 1. The lowest BCUT2D eigenvalue weighted by molar-refractivity contribution is -0.145. The number of carbonyl (C=O) groups is 5. The third kappa shape index (κ3) is 7.15. The molecule has 1 heterocycles. The highest BCUT2D eigenvalue weighted by atomic mass is 32.1. The van der Waals surface area contributed by atoms with Gasteiger partial charge in [-0.3, -0.25) is 19.2 Å². The number of likely N-dealkylation sites (tertiary alicyclic amines) is 1. The predicted octanol–water partition coefficient (Wildman–Crippen LogP) is -3.06. The Morgan fingerprint density at radius 2 is 1.87 bits per heavy atom. The van der Waals surface area contributed by atoms with Crippen LogP contribution in [0.3, 0.4) is 0 Å². The van der Waals surface area contributed by atoms with Crippen molar-refractivity contribution in [3.05, 3.63) is 0 Å². The lowest BCUT2D eigenvalue weighted by Crippen LogP contribution is -2.59. The number of nitrogens with zero attached hydrogens (tertiary/aromatic N) is 1. The van der Waals surface area contributed by atoms with Gasteiger partial charge in [-0.05, 0) is 26.2 Å². The van der Waals surface area contributed by atoms with E-state index in [1.54, 1.807) is 0 Å². The fraction of sp³-hybridized carbons (Fsp3) is 0.706.